The average molecular weight is 227 g/mol. The van der Waals surface area contributed by atoms with Gasteiger partial charge >= 0.3 is 0 Å². The smallest absolute Gasteiger partial charge is 0.107 e. The molecule has 0 bridgehead atoms. The lowest BCUT2D eigenvalue weighted by atomic mass is 9.94. The number of nitrogens with two attached hydrogens (primary N) is 1. The Hall–Kier alpha value is -0.560. The summed E-state index contributed by atoms with van der Waals surface area (Å²) in [5.74, 6) is 2.45. The fourth-order valence-electron chi connectivity index (χ4n) is 1.09. The van der Waals surface area contributed by atoms with Crippen LogP contribution in [0.5, 0.6) is 0 Å². The molecule has 0 aromatic rings. The molecule has 0 spiro atoms. The lowest BCUT2D eigenvalue weighted by Crippen LogP contribution is -2.32. The monoisotopic (exact) mass is 227 g/mol. The van der Waals surface area contributed by atoms with Crippen LogP contribution in [0, 0.1) is 23.2 Å². The molecule has 2 N–H and O–H groups in total. The third kappa shape index (κ3) is 7.70. The number of hydrogen-bond donors (Lipinski definition) is 1. The van der Waals surface area contributed by atoms with Gasteiger partial charge in [-0.1, -0.05) is 33.6 Å². The highest BCUT2D eigenvalue weighted by Gasteiger charge is 2.21. The van der Waals surface area contributed by atoms with Crippen LogP contribution >= 0.6 is 0 Å². The van der Waals surface area contributed by atoms with Crippen LogP contribution in [0.2, 0.25) is 0 Å². The summed E-state index contributed by atoms with van der Waals surface area (Å²) in [6.07, 6.45) is 5.11. The van der Waals surface area contributed by atoms with Gasteiger partial charge in [0.2, 0.25) is 0 Å². The second kappa shape index (κ2) is 6.90. The molecule has 0 aliphatic heterocycles. The molecule has 0 unspecified atom stereocenters. The number of rotatable bonds is 8. The number of hydrogen-bond acceptors (Lipinski definition) is 3. The molecule has 16 heavy (non-hydrogen) atoms. The van der Waals surface area contributed by atoms with E-state index in [9.17, 15) is 0 Å². The van der Waals surface area contributed by atoms with Gasteiger partial charge in [0, 0.05) is 10.8 Å². The van der Waals surface area contributed by atoms with Gasteiger partial charge in [0.15, 0.2) is 0 Å². The molecule has 3 nitrogen and oxygen atoms in total. The van der Waals surface area contributed by atoms with Crippen molar-refractivity contribution in [3.05, 3.63) is 0 Å². The second-order valence-corrected chi connectivity index (χ2v) is 5.72. The van der Waals surface area contributed by atoms with Crippen LogP contribution in [-0.2, 0) is 9.47 Å². The highest BCUT2D eigenvalue weighted by atomic mass is 16.5. The zero-order valence-corrected chi connectivity index (χ0v) is 11.0. The lowest BCUT2D eigenvalue weighted by Gasteiger charge is -2.27. The largest absolute Gasteiger partial charge is 0.380 e. The molecule has 94 valence electrons. The van der Waals surface area contributed by atoms with Gasteiger partial charge in [-0.15, -0.1) is 6.42 Å². The zero-order chi connectivity index (χ0) is 12.7. The lowest BCUT2D eigenvalue weighted by molar-refractivity contribution is -0.0179. The molecule has 3 heteroatoms. The summed E-state index contributed by atoms with van der Waals surface area (Å²) >= 11 is 0. The summed E-state index contributed by atoms with van der Waals surface area (Å²) < 4.78 is 11.0. The Balaban J connectivity index is 3.78. The first-order valence-electron chi connectivity index (χ1n) is 5.62. The Bertz CT molecular complexity index is 229. The van der Waals surface area contributed by atoms with Crippen LogP contribution in [0.25, 0.3) is 0 Å². The van der Waals surface area contributed by atoms with Gasteiger partial charge in [0.25, 0.3) is 0 Å². The van der Waals surface area contributed by atoms with Crippen molar-refractivity contribution in [1.82, 2.24) is 0 Å². The summed E-state index contributed by atoms with van der Waals surface area (Å²) in [6.45, 7) is 11.3. The van der Waals surface area contributed by atoms with Crippen molar-refractivity contribution in [2.45, 2.75) is 27.7 Å². The van der Waals surface area contributed by atoms with E-state index >= 15 is 0 Å². The van der Waals surface area contributed by atoms with Crippen molar-refractivity contribution >= 4 is 0 Å². The maximum atomic E-state index is 5.67. The quantitative estimate of drug-likeness (QED) is 0.507. The van der Waals surface area contributed by atoms with Gasteiger partial charge in [-0.3, -0.25) is 0 Å². The van der Waals surface area contributed by atoms with Gasteiger partial charge in [-0.05, 0) is 6.54 Å². The van der Waals surface area contributed by atoms with Crippen LogP contribution in [-0.4, -0.2) is 33.0 Å². The normalized spacial score (nSPS) is 12.5. The Labute approximate surface area is 99.7 Å². The van der Waals surface area contributed by atoms with Crippen LogP contribution in [0.1, 0.15) is 27.7 Å². The SMILES string of the molecule is C#CCOCC(C)(C)COCC(C)(C)CN. The fourth-order valence-corrected chi connectivity index (χ4v) is 1.09. The van der Waals surface area contributed by atoms with Gasteiger partial charge < -0.3 is 15.2 Å². The Kier molecular flexibility index (Phi) is 6.66. The first-order valence-corrected chi connectivity index (χ1v) is 5.62. The summed E-state index contributed by atoms with van der Waals surface area (Å²) in [5.41, 5.74) is 5.65. The Morgan fingerprint density at radius 3 is 2.00 bits per heavy atom. The molecule has 0 fully saturated rings. The molecular weight excluding hydrogens is 202 g/mol. The van der Waals surface area contributed by atoms with Crippen molar-refractivity contribution in [1.29, 1.82) is 0 Å². The maximum absolute atomic E-state index is 5.67. The van der Waals surface area contributed by atoms with E-state index < -0.39 is 0 Å². The number of ether oxygens (including phenoxy) is 2. The van der Waals surface area contributed by atoms with Gasteiger partial charge in [-0.25, -0.2) is 0 Å². The minimum atomic E-state index is -0.0124. The van der Waals surface area contributed by atoms with E-state index in [1.807, 2.05) is 0 Å². The molecule has 0 amide bonds. The van der Waals surface area contributed by atoms with Crippen molar-refractivity contribution < 1.29 is 9.47 Å². The zero-order valence-electron chi connectivity index (χ0n) is 11.0. The summed E-state index contributed by atoms with van der Waals surface area (Å²) in [6, 6.07) is 0. The predicted octanol–water partition coefficient (Wildman–Crippen LogP) is 1.66. The fraction of sp³-hybridized carbons (Fsp3) is 0.846. The Morgan fingerprint density at radius 2 is 1.50 bits per heavy atom. The van der Waals surface area contributed by atoms with Crippen LogP contribution in [0.4, 0.5) is 0 Å². The molecule has 0 radical (unpaired) electrons. The third-order valence-corrected chi connectivity index (χ3v) is 2.22. The van der Waals surface area contributed by atoms with Crippen molar-refractivity contribution in [2.75, 3.05) is 33.0 Å². The molecule has 0 saturated heterocycles. The van der Waals surface area contributed by atoms with Crippen molar-refractivity contribution in [3.63, 3.8) is 0 Å². The van der Waals surface area contributed by atoms with Crippen molar-refractivity contribution in [3.8, 4) is 12.3 Å². The van der Waals surface area contributed by atoms with Gasteiger partial charge in [0.1, 0.15) is 6.61 Å². The highest BCUT2D eigenvalue weighted by molar-refractivity contribution is 4.83. The minimum absolute atomic E-state index is 0.0124. The van der Waals surface area contributed by atoms with Crippen molar-refractivity contribution in [2.24, 2.45) is 16.6 Å². The molecule has 0 atom stereocenters. The van der Waals surface area contributed by atoms with E-state index in [1.165, 1.54) is 0 Å². The van der Waals surface area contributed by atoms with E-state index in [2.05, 4.69) is 33.6 Å². The first kappa shape index (κ1) is 15.4. The molecule has 0 aromatic heterocycles. The maximum Gasteiger partial charge on any atom is 0.107 e. The van der Waals surface area contributed by atoms with E-state index in [1.54, 1.807) is 0 Å². The van der Waals surface area contributed by atoms with Crippen LogP contribution in [0.3, 0.4) is 0 Å². The topological polar surface area (TPSA) is 44.5 Å². The predicted molar refractivity (Wildman–Crippen MR) is 67.1 cm³/mol. The third-order valence-electron chi connectivity index (χ3n) is 2.22. The van der Waals surface area contributed by atoms with E-state index in [0.29, 0.717) is 33.0 Å². The van der Waals surface area contributed by atoms with Crippen LogP contribution < -0.4 is 5.73 Å². The first-order chi connectivity index (χ1) is 7.33. The van der Waals surface area contributed by atoms with Gasteiger partial charge in [0.05, 0.1) is 19.8 Å². The average Bonchev–Trinajstić information content (AvgIpc) is 2.17. The molecule has 0 aromatic carbocycles. The summed E-state index contributed by atoms with van der Waals surface area (Å²) in [7, 11) is 0. The molecular formula is C13H25NO2. The molecule has 0 rings (SSSR count). The highest BCUT2D eigenvalue weighted by Crippen LogP contribution is 2.19. The summed E-state index contributed by atoms with van der Waals surface area (Å²) in [4.78, 5) is 0. The minimum Gasteiger partial charge on any atom is -0.380 e. The second-order valence-electron chi connectivity index (χ2n) is 5.72. The molecule has 0 aliphatic rings. The summed E-state index contributed by atoms with van der Waals surface area (Å²) in [5, 5.41) is 0. The molecule has 0 aliphatic carbocycles. The van der Waals surface area contributed by atoms with E-state index in [0.717, 1.165) is 0 Å². The standard InChI is InChI=1S/C13H25NO2/c1-6-7-15-10-13(4,5)11-16-9-12(2,3)8-14/h1H,7-11,14H2,2-5H3. The van der Waals surface area contributed by atoms with Gasteiger partial charge in [-0.2, -0.15) is 0 Å². The molecule has 0 heterocycles. The van der Waals surface area contributed by atoms with Crippen LogP contribution in [0.15, 0.2) is 0 Å². The number of terminal acetylenes is 1. The Morgan fingerprint density at radius 1 is 1.00 bits per heavy atom. The molecule has 0 saturated carbocycles. The van der Waals surface area contributed by atoms with E-state index in [4.69, 9.17) is 21.6 Å². The van der Waals surface area contributed by atoms with E-state index in [-0.39, 0.29) is 10.8 Å².